The summed E-state index contributed by atoms with van der Waals surface area (Å²) < 4.78 is 28.1. The Morgan fingerprint density at radius 3 is 2.45 bits per heavy atom. The van der Waals surface area contributed by atoms with Crippen LogP contribution in [0.3, 0.4) is 0 Å². The molecule has 2 aliphatic rings. The van der Waals surface area contributed by atoms with E-state index >= 15 is 0 Å². The molecule has 1 aromatic carbocycles. The maximum absolute atomic E-state index is 12.7. The quantitative estimate of drug-likeness (QED) is 0.521. The minimum Gasteiger partial charge on any atom is -0.346 e. The predicted octanol–water partition coefficient (Wildman–Crippen LogP) is 4.65. The number of hydrogen-bond donors (Lipinski definition) is 3. The molecule has 162 valence electrons. The maximum atomic E-state index is 12.7. The normalized spacial score (nSPS) is 17.5. The molecular formula is C23H26N4O3S. The molecular weight excluding hydrogens is 412 g/mol. The molecule has 31 heavy (non-hydrogen) atoms. The van der Waals surface area contributed by atoms with Crippen LogP contribution in [-0.4, -0.2) is 29.5 Å². The Morgan fingerprint density at radius 1 is 1.00 bits per heavy atom. The van der Waals surface area contributed by atoms with Crippen molar-refractivity contribution in [1.29, 1.82) is 0 Å². The van der Waals surface area contributed by atoms with Crippen LogP contribution in [0.25, 0.3) is 22.2 Å². The van der Waals surface area contributed by atoms with Gasteiger partial charge in [0.15, 0.2) is 0 Å². The number of benzene rings is 1. The lowest BCUT2D eigenvalue weighted by atomic mass is 10.0. The summed E-state index contributed by atoms with van der Waals surface area (Å²) in [6.45, 7) is 0. The molecule has 1 amide bonds. The SMILES string of the molecule is O=C(Nc1cc(-c2ccc(NS(=O)(=O)C3CCCCC3)cc2)c2cc[nH]c2n1)C1CC1. The zero-order valence-corrected chi connectivity index (χ0v) is 18.0. The molecule has 0 spiro atoms. The average molecular weight is 439 g/mol. The molecule has 3 aromatic rings. The van der Waals surface area contributed by atoms with Gasteiger partial charge in [0, 0.05) is 23.2 Å². The molecule has 0 saturated heterocycles. The number of aromatic nitrogens is 2. The summed E-state index contributed by atoms with van der Waals surface area (Å²) in [6, 6.07) is 11.2. The zero-order chi connectivity index (χ0) is 21.4. The molecule has 5 rings (SSSR count). The van der Waals surface area contributed by atoms with Gasteiger partial charge in [-0.05, 0) is 61.1 Å². The highest BCUT2D eigenvalue weighted by Gasteiger charge is 2.30. The van der Waals surface area contributed by atoms with E-state index in [0.29, 0.717) is 17.2 Å². The fourth-order valence-corrected chi connectivity index (χ4v) is 5.84. The molecule has 7 nitrogen and oxygen atoms in total. The van der Waals surface area contributed by atoms with Crippen LogP contribution in [0.2, 0.25) is 0 Å². The van der Waals surface area contributed by atoms with Crippen LogP contribution in [0.1, 0.15) is 44.9 Å². The van der Waals surface area contributed by atoms with E-state index in [2.05, 4.69) is 20.0 Å². The minimum absolute atomic E-state index is 0.0109. The van der Waals surface area contributed by atoms with Crippen LogP contribution >= 0.6 is 0 Å². The van der Waals surface area contributed by atoms with E-state index in [4.69, 9.17) is 0 Å². The summed E-state index contributed by atoms with van der Waals surface area (Å²) in [4.78, 5) is 19.8. The molecule has 3 N–H and O–H groups in total. The number of fused-ring (bicyclic) bond motifs is 1. The second kappa shape index (κ2) is 8.00. The van der Waals surface area contributed by atoms with E-state index in [1.165, 1.54) is 0 Å². The number of hydrogen-bond acceptors (Lipinski definition) is 4. The second-order valence-electron chi connectivity index (χ2n) is 8.54. The van der Waals surface area contributed by atoms with Gasteiger partial charge in [0.1, 0.15) is 11.5 Å². The molecule has 0 aliphatic heterocycles. The van der Waals surface area contributed by atoms with E-state index in [0.717, 1.165) is 61.5 Å². The van der Waals surface area contributed by atoms with Gasteiger partial charge < -0.3 is 10.3 Å². The highest BCUT2D eigenvalue weighted by molar-refractivity contribution is 7.93. The van der Waals surface area contributed by atoms with Crippen LogP contribution < -0.4 is 10.0 Å². The molecule has 8 heteroatoms. The fourth-order valence-electron chi connectivity index (χ4n) is 4.26. The summed E-state index contributed by atoms with van der Waals surface area (Å²) in [5.41, 5.74) is 3.12. The molecule has 2 saturated carbocycles. The Kier molecular flexibility index (Phi) is 5.17. The summed E-state index contributed by atoms with van der Waals surface area (Å²) in [7, 11) is -3.37. The molecule has 2 fully saturated rings. The Hall–Kier alpha value is -2.87. The monoisotopic (exact) mass is 438 g/mol. The molecule has 0 unspecified atom stereocenters. The van der Waals surface area contributed by atoms with Gasteiger partial charge in [0.25, 0.3) is 0 Å². The number of amides is 1. The van der Waals surface area contributed by atoms with Crippen LogP contribution in [0.5, 0.6) is 0 Å². The van der Waals surface area contributed by atoms with E-state index in [1.807, 2.05) is 30.5 Å². The van der Waals surface area contributed by atoms with Crippen LogP contribution in [0.4, 0.5) is 11.5 Å². The van der Waals surface area contributed by atoms with Gasteiger partial charge in [-0.1, -0.05) is 31.4 Å². The van der Waals surface area contributed by atoms with Gasteiger partial charge in [-0.25, -0.2) is 13.4 Å². The Morgan fingerprint density at radius 2 is 1.74 bits per heavy atom. The third kappa shape index (κ3) is 4.30. The van der Waals surface area contributed by atoms with Crippen molar-refractivity contribution in [2.45, 2.75) is 50.2 Å². The Labute approximate surface area is 181 Å². The number of carbonyl (C=O) groups excluding carboxylic acids is 1. The van der Waals surface area contributed by atoms with Crippen molar-refractivity contribution in [2.75, 3.05) is 10.0 Å². The molecule has 2 aromatic heterocycles. The van der Waals surface area contributed by atoms with Crippen LogP contribution in [-0.2, 0) is 14.8 Å². The van der Waals surface area contributed by atoms with Crippen molar-refractivity contribution in [3.05, 3.63) is 42.6 Å². The fraction of sp³-hybridized carbons (Fsp3) is 0.391. The number of anilines is 2. The molecule has 2 aliphatic carbocycles. The van der Waals surface area contributed by atoms with E-state index in [9.17, 15) is 13.2 Å². The highest BCUT2D eigenvalue weighted by Crippen LogP contribution is 2.33. The number of H-pyrrole nitrogens is 1. The summed E-state index contributed by atoms with van der Waals surface area (Å²) >= 11 is 0. The van der Waals surface area contributed by atoms with Gasteiger partial charge in [-0.2, -0.15) is 0 Å². The summed E-state index contributed by atoms with van der Waals surface area (Å²) in [5, 5.41) is 3.55. The van der Waals surface area contributed by atoms with Gasteiger partial charge in [-0.15, -0.1) is 0 Å². The molecule has 2 heterocycles. The lowest BCUT2D eigenvalue weighted by Gasteiger charge is -2.22. The van der Waals surface area contributed by atoms with Crippen LogP contribution in [0.15, 0.2) is 42.6 Å². The average Bonchev–Trinajstić information content (AvgIpc) is 3.52. The molecule has 0 bridgehead atoms. The van der Waals surface area contributed by atoms with Crippen molar-refractivity contribution in [3.63, 3.8) is 0 Å². The van der Waals surface area contributed by atoms with E-state index in [1.54, 1.807) is 12.1 Å². The maximum Gasteiger partial charge on any atom is 0.235 e. The third-order valence-corrected chi connectivity index (χ3v) is 8.04. The second-order valence-corrected chi connectivity index (χ2v) is 10.5. The molecule has 0 atom stereocenters. The van der Waals surface area contributed by atoms with Crippen molar-refractivity contribution >= 4 is 38.5 Å². The first-order chi connectivity index (χ1) is 15.0. The Balaban J connectivity index is 1.40. The first-order valence-electron chi connectivity index (χ1n) is 10.9. The van der Waals surface area contributed by atoms with Crippen molar-refractivity contribution in [2.24, 2.45) is 5.92 Å². The van der Waals surface area contributed by atoms with Gasteiger partial charge in [0.05, 0.1) is 5.25 Å². The lowest BCUT2D eigenvalue weighted by Crippen LogP contribution is -2.29. The number of nitrogens with zero attached hydrogens (tertiary/aromatic N) is 1. The minimum atomic E-state index is -3.37. The first kappa shape index (κ1) is 20.1. The number of nitrogens with one attached hydrogen (secondary N) is 3. The third-order valence-electron chi connectivity index (χ3n) is 6.18. The Bertz CT molecular complexity index is 1210. The number of pyridine rings is 1. The first-order valence-corrected chi connectivity index (χ1v) is 12.5. The standard InChI is InChI=1S/C23H26N4O3S/c28-23(16-6-7-16)26-21-14-20(19-12-13-24-22(19)25-21)15-8-10-17(11-9-15)27-31(29,30)18-4-2-1-3-5-18/h8-14,16,18,27H,1-7H2,(H2,24,25,26,28). The largest absolute Gasteiger partial charge is 0.346 e. The highest BCUT2D eigenvalue weighted by atomic mass is 32.2. The number of aromatic amines is 1. The smallest absolute Gasteiger partial charge is 0.235 e. The van der Waals surface area contributed by atoms with E-state index < -0.39 is 10.0 Å². The number of sulfonamides is 1. The summed E-state index contributed by atoms with van der Waals surface area (Å²) in [5.74, 6) is 0.627. The van der Waals surface area contributed by atoms with Crippen LogP contribution in [0, 0.1) is 5.92 Å². The number of rotatable bonds is 6. The topological polar surface area (TPSA) is 104 Å². The zero-order valence-electron chi connectivity index (χ0n) is 17.2. The van der Waals surface area contributed by atoms with Gasteiger partial charge >= 0.3 is 0 Å². The lowest BCUT2D eigenvalue weighted by molar-refractivity contribution is -0.117. The van der Waals surface area contributed by atoms with Crippen molar-refractivity contribution in [1.82, 2.24) is 9.97 Å². The number of carbonyl (C=O) groups is 1. The molecule has 0 radical (unpaired) electrons. The van der Waals surface area contributed by atoms with Crippen molar-refractivity contribution < 1.29 is 13.2 Å². The predicted molar refractivity (Wildman–Crippen MR) is 122 cm³/mol. The van der Waals surface area contributed by atoms with Gasteiger partial charge in [0.2, 0.25) is 15.9 Å². The van der Waals surface area contributed by atoms with Gasteiger partial charge in [-0.3, -0.25) is 9.52 Å². The van der Waals surface area contributed by atoms with Crippen molar-refractivity contribution in [3.8, 4) is 11.1 Å². The van der Waals surface area contributed by atoms with E-state index in [-0.39, 0.29) is 17.1 Å². The summed E-state index contributed by atoms with van der Waals surface area (Å²) in [6.07, 6.45) is 8.20.